The summed E-state index contributed by atoms with van der Waals surface area (Å²) in [5, 5.41) is 0. The van der Waals surface area contributed by atoms with Crippen molar-refractivity contribution < 1.29 is 0 Å². The van der Waals surface area contributed by atoms with Crippen molar-refractivity contribution >= 4 is 29.0 Å². The Balaban J connectivity index is 3.03. The number of aromatic nitrogens is 2. The van der Waals surface area contributed by atoms with Crippen LogP contribution in [-0.2, 0) is 0 Å². The minimum Gasteiger partial charge on any atom is -0.382 e. The quantitative estimate of drug-likeness (QED) is 0.663. The molecule has 54 valence electrons. The van der Waals surface area contributed by atoms with Crippen LogP contribution in [-0.4, -0.2) is 9.97 Å². The SMILES string of the molecule is Nc1nccnc1C(Cl)Cl. The predicted molar refractivity (Wildman–Crippen MR) is 40.9 cm³/mol. The molecule has 0 bridgehead atoms. The Labute approximate surface area is 68.2 Å². The fourth-order valence-corrected chi connectivity index (χ4v) is 0.864. The molecule has 1 heterocycles. The third-order valence-electron chi connectivity index (χ3n) is 0.963. The van der Waals surface area contributed by atoms with Crippen molar-refractivity contribution in [1.29, 1.82) is 0 Å². The van der Waals surface area contributed by atoms with Crippen LogP contribution in [0.2, 0.25) is 0 Å². The highest BCUT2D eigenvalue weighted by Gasteiger charge is 2.08. The van der Waals surface area contributed by atoms with Gasteiger partial charge in [0.15, 0.2) is 4.84 Å². The minimum atomic E-state index is -0.700. The smallest absolute Gasteiger partial charge is 0.153 e. The maximum absolute atomic E-state index is 5.49. The Bertz CT molecular complexity index is 226. The zero-order chi connectivity index (χ0) is 7.56. The summed E-state index contributed by atoms with van der Waals surface area (Å²) in [6.45, 7) is 0. The van der Waals surface area contributed by atoms with Gasteiger partial charge in [0.1, 0.15) is 11.5 Å². The summed E-state index contributed by atoms with van der Waals surface area (Å²) in [5.41, 5.74) is 5.79. The van der Waals surface area contributed by atoms with E-state index in [0.29, 0.717) is 5.69 Å². The van der Waals surface area contributed by atoms with Crippen molar-refractivity contribution in [3.63, 3.8) is 0 Å². The number of nitrogens with two attached hydrogens (primary N) is 1. The fourth-order valence-electron chi connectivity index (χ4n) is 0.528. The summed E-state index contributed by atoms with van der Waals surface area (Å²) < 4.78 is 0. The zero-order valence-electron chi connectivity index (χ0n) is 4.96. The van der Waals surface area contributed by atoms with Gasteiger partial charge in [0.25, 0.3) is 0 Å². The second-order valence-electron chi connectivity index (χ2n) is 1.63. The predicted octanol–water partition coefficient (Wildman–Crippen LogP) is 1.53. The van der Waals surface area contributed by atoms with Crippen LogP contribution in [0.15, 0.2) is 12.4 Å². The van der Waals surface area contributed by atoms with Crippen LogP contribution >= 0.6 is 23.2 Å². The molecule has 1 rings (SSSR count). The van der Waals surface area contributed by atoms with Gasteiger partial charge in [-0.05, 0) is 0 Å². The van der Waals surface area contributed by atoms with Gasteiger partial charge in [0.2, 0.25) is 0 Å². The molecule has 1 aromatic heterocycles. The molecule has 0 aliphatic heterocycles. The Morgan fingerprint density at radius 2 is 1.90 bits per heavy atom. The molecule has 0 spiro atoms. The highest BCUT2D eigenvalue weighted by molar-refractivity contribution is 6.44. The summed E-state index contributed by atoms with van der Waals surface area (Å²) in [5.74, 6) is 0.275. The number of nitrogen functional groups attached to an aromatic ring is 1. The molecule has 0 unspecified atom stereocenters. The Kier molecular flexibility index (Phi) is 2.29. The van der Waals surface area contributed by atoms with E-state index in [0.717, 1.165) is 0 Å². The molecule has 10 heavy (non-hydrogen) atoms. The Morgan fingerprint density at radius 1 is 1.30 bits per heavy atom. The first-order valence-electron chi connectivity index (χ1n) is 2.56. The summed E-state index contributed by atoms with van der Waals surface area (Å²) in [6, 6.07) is 0. The van der Waals surface area contributed by atoms with E-state index in [1.165, 1.54) is 12.4 Å². The number of nitrogens with zero attached hydrogens (tertiary/aromatic N) is 2. The van der Waals surface area contributed by atoms with Crippen molar-refractivity contribution in [3.8, 4) is 0 Å². The van der Waals surface area contributed by atoms with Crippen molar-refractivity contribution in [2.45, 2.75) is 4.84 Å². The minimum absolute atomic E-state index is 0.275. The summed E-state index contributed by atoms with van der Waals surface area (Å²) >= 11 is 11.0. The number of hydrogen-bond donors (Lipinski definition) is 1. The molecule has 0 aliphatic rings. The number of halogens is 2. The number of hydrogen-bond acceptors (Lipinski definition) is 3. The van der Waals surface area contributed by atoms with Crippen LogP contribution in [0.1, 0.15) is 10.5 Å². The molecular weight excluding hydrogens is 173 g/mol. The van der Waals surface area contributed by atoms with Gasteiger partial charge in [0, 0.05) is 12.4 Å². The van der Waals surface area contributed by atoms with Gasteiger partial charge in [0.05, 0.1) is 0 Å². The monoisotopic (exact) mass is 177 g/mol. The van der Waals surface area contributed by atoms with Gasteiger partial charge < -0.3 is 5.73 Å². The average molecular weight is 178 g/mol. The third-order valence-corrected chi connectivity index (χ3v) is 1.38. The average Bonchev–Trinajstić information content (AvgIpc) is 1.88. The highest BCUT2D eigenvalue weighted by atomic mass is 35.5. The molecule has 0 saturated carbocycles. The van der Waals surface area contributed by atoms with E-state index in [1.807, 2.05) is 0 Å². The molecule has 0 saturated heterocycles. The summed E-state index contributed by atoms with van der Waals surface area (Å²) in [4.78, 5) is 6.87. The van der Waals surface area contributed by atoms with Crippen molar-refractivity contribution in [2.24, 2.45) is 0 Å². The molecule has 2 N–H and O–H groups in total. The van der Waals surface area contributed by atoms with Gasteiger partial charge in [-0.1, -0.05) is 23.2 Å². The lowest BCUT2D eigenvalue weighted by atomic mass is 10.4. The van der Waals surface area contributed by atoms with Crippen LogP contribution in [0.4, 0.5) is 5.82 Å². The molecule has 0 aliphatic carbocycles. The van der Waals surface area contributed by atoms with Gasteiger partial charge in [-0.25, -0.2) is 4.98 Å². The van der Waals surface area contributed by atoms with E-state index in [1.54, 1.807) is 0 Å². The summed E-state index contributed by atoms with van der Waals surface area (Å²) in [7, 11) is 0. The third kappa shape index (κ3) is 1.49. The topological polar surface area (TPSA) is 51.8 Å². The maximum atomic E-state index is 5.49. The van der Waals surface area contributed by atoms with E-state index in [2.05, 4.69) is 9.97 Å². The summed E-state index contributed by atoms with van der Waals surface area (Å²) in [6.07, 6.45) is 2.97. The Morgan fingerprint density at radius 3 is 2.30 bits per heavy atom. The van der Waals surface area contributed by atoms with Crippen LogP contribution < -0.4 is 5.73 Å². The Hall–Kier alpha value is -0.540. The highest BCUT2D eigenvalue weighted by Crippen LogP contribution is 2.25. The van der Waals surface area contributed by atoms with E-state index in [-0.39, 0.29) is 5.82 Å². The van der Waals surface area contributed by atoms with Crippen LogP contribution in [0, 0.1) is 0 Å². The molecule has 5 heteroatoms. The molecular formula is C5H5Cl2N3. The lowest BCUT2D eigenvalue weighted by Gasteiger charge is -2.00. The van der Waals surface area contributed by atoms with E-state index in [9.17, 15) is 0 Å². The molecule has 0 radical (unpaired) electrons. The maximum Gasteiger partial charge on any atom is 0.153 e. The number of rotatable bonds is 1. The van der Waals surface area contributed by atoms with Gasteiger partial charge in [-0.3, -0.25) is 4.98 Å². The largest absolute Gasteiger partial charge is 0.382 e. The van der Waals surface area contributed by atoms with Crippen LogP contribution in [0.5, 0.6) is 0 Å². The number of alkyl halides is 2. The van der Waals surface area contributed by atoms with E-state index < -0.39 is 4.84 Å². The first kappa shape index (κ1) is 7.57. The van der Waals surface area contributed by atoms with Crippen molar-refractivity contribution in [3.05, 3.63) is 18.1 Å². The standard InChI is InChI=1S/C5H5Cl2N3/c6-4(7)3-5(8)10-2-1-9-3/h1-2,4H,(H2,8,10). The van der Waals surface area contributed by atoms with E-state index >= 15 is 0 Å². The molecule has 3 nitrogen and oxygen atoms in total. The van der Waals surface area contributed by atoms with Crippen LogP contribution in [0.3, 0.4) is 0 Å². The van der Waals surface area contributed by atoms with Gasteiger partial charge in [-0.15, -0.1) is 0 Å². The second-order valence-corrected chi connectivity index (χ2v) is 2.72. The molecule has 0 aromatic carbocycles. The molecule has 0 amide bonds. The normalized spacial score (nSPS) is 10.3. The first-order chi connectivity index (χ1) is 4.72. The lowest BCUT2D eigenvalue weighted by Crippen LogP contribution is -1.98. The first-order valence-corrected chi connectivity index (χ1v) is 3.43. The van der Waals surface area contributed by atoms with Gasteiger partial charge >= 0.3 is 0 Å². The molecule has 0 atom stereocenters. The van der Waals surface area contributed by atoms with Crippen molar-refractivity contribution in [1.82, 2.24) is 9.97 Å². The zero-order valence-corrected chi connectivity index (χ0v) is 6.47. The van der Waals surface area contributed by atoms with Crippen LogP contribution in [0.25, 0.3) is 0 Å². The van der Waals surface area contributed by atoms with Crippen molar-refractivity contribution in [2.75, 3.05) is 5.73 Å². The van der Waals surface area contributed by atoms with Gasteiger partial charge in [-0.2, -0.15) is 0 Å². The second kappa shape index (κ2) is 3.03. The fraction of sp³-hybridized carbons (Fsp3) is 0.200. The van der Waals surface area contributed by atoms with E-state index in [4.69, 9.17) is 28.9 Å². The lowest BCUT2D eigenvalue weighted by molar-refractivity contribution is 1.09. The number of anilines is 1. The molecule has 1 aromatic rings. The molecule has 0 fully saturated rings.